The summed E-state index contributed by atoms with van der Waals surface area (Å²) in [6.07, 6.45) is 3.08. The normalized spacial score (nSPS) is 17.5. The number of urea groups is 2. The molecule has 0 aromatic heterocycles. The molecule has 11 heteroatoms. The Morgan fingerprint density at radius 1 is 0.951 bits per heavy atom. The van der Waals surface area contributed by atoms with Crippen molar-refractivity contribution in [2.75, 3.05) is 50.5 Å². The van der Waals surface area contributed by atoms with E-state index in [1.54, 1.807) is 17.0 Å². The fraction of sp³-hybridized carbons (Fsp3) is 0.467. The fourth-order valence-corrected chi connectivity index (χ4v) is 5.32. The zero-order valence-corrected chi connectivity index (χ0v) is 23.7. The molecule has 0 spiro atoms. The first-order valence-corrected chi connectivity index (χ1v) is 14.1. The van der Waals surface area contributed by atoms with Crippen LogP contribution in [0.2, 0.25) is 0 Å². The van der Waals surface area contributed by atoms with E-state index < -0.39 is 11.9 Å². The minimum Gasteiger partial charge on any atom is -0.495 e. The number of methoxy groups -OCH3 is 1. The van der Waals surface area contributed by atoms with Crippen LogP contribution in [0, 0.1) is 18.8 Å². The van der Waals surface area contributed by atoms with Gasteiger partial charge in [0.05, 0.1) is 25.1 Å². The number of ether oxygens (including phenoxy) is 1. The van der Waals surface area contributed by atoms with Crippen LogP contribution in [0.15, 0.2) is 42.5 Å². The van der Waals surface area contributed by atoms with Crippen molar-refractivity contribution in [3.8, 4) is 5.75 Å². The lowest BCUT2D eigenvalue weighted by molar-refractivity contribution is -0.143. The summed E-state index contributed by atoms with van der Waals surface area (Å²) in [6, 6.07) is 12.2. The maximum atomic E-state index is 13.0. The van der Waals surface area contributed by atoms with Crippen molar-refractivity contribution in [3.05, 3.63) is 53.6 Å². The summed E-state index contributed by atoms with van der Waals surface area (Å²) in [7, 11) is 1.52. The lowest BCUT2D eigenvalue weighted by Crippen LogP contribution is -2.49. The number of hydrogen-bond donors (Lipinski definition) is 4. The molecule has 2 aromatic rings. The van der Waals surface area contributed by atoms with Crippen molar-refractivity contribution in [2.45, 2.75) is 39.0 Å². The summed E-state index contributed by atoms with van der Waals surface area (Å²) in [4.78, 5) is 52.8. The summed E-state index contributed by atoms with van der Waals surface area (Å²) in [5, 5.41) is 17.8. The molecule has 2 aromatic carbocycles. The highest BCUT2D eigenvalue weighted by Crippen LogP contribution is 2.27. The van der Waals surface area contributed by atoms with Crippen LogP contribution in [-0.2, 0) is 16.0 Å². The molecule has 1 unspecified atom stereocenters. The smallest absolute Gasteiger partial charge is 0.323 e. The second-order valence-corrected chi connectivity index (χ2v) is 10.7. The van der Waals surface area contributed by atoms with Crippen LogP contribution in [0.25, 0.3) is 0 Å². The van der Waals surface area contributed by atoms with E-state index in [-0.39, 0.29) is 36.9 Å². The summed E-state index contributed by atoms with van der Waals surface area (Å²) in [5.41, 5.74) is 2.95. The lowest BCUT2D eigenvalue weighted by Gasteiger charge is -2.34. The minimum atomic E-state index is -0.855. The Hall–Kier alpha value is -4.28. The summed E-state index contributed by atoms with van der Waals surface area (Å²) in [5.74, 6) is -0.612. The van der Waals surface area contributed by atoms with Gasteiger partial charge in [0.25, 0.3) is 0 Å². The number of carboxylic acid groups (broad SMARTS) is 1. The van der Waals surface area contributed by atoms with Crippen LogP contribution in [-0.4, -0.2) is 78.7 Å². The van der Waals surface area contributed by atoms with Crippen molar-refractivity contribution < 1.29 is 29.0 Å². The Bertz CT molecular complexity index is 1260. The molecule has 2 aliphatic rings. The van der Waals surface area contributed by atoms with E-state index >= 15 is 0 Å². The number of rotatable bonds is 8. The van der Waals surface area contributed by atoms with E-state index in [4.69, 9.17) is 4.74 Å². The molecule has 2 saturated heterocycles. The van der Waals surface area contributed by atoms with Crippen LogP contribution in [0.3, 0.4) is 0 Å². The Morgan fingerprint density at radius 3 is 2.39 bits per heavy atom. The third-order valence-corrected chi connectivity index (χ3v) is 7.83. The van der Waals surface area contributed by atoms with Gasteiger partial charge >= 0.3 is 18.0 Å². The maximum absolute atomic E-state index is 13.0. The van der Waals surface area contributed by atoms with Crippen LogP contribution in [0.4, 0.5) is 21.0 Å². The van der Waals surface area contributed by atoms with Crippen molar-refractivity contribution in [1.82, 2.24) is 15.1 Å². The third-order valence-electron chi connectivity index (χ3n) is 7.83. The molecule has 41 heavy (non-hydrogen) atoms. The maximum Gasteiger partial charge on any atom is 0.323 e. The SMILES string of the molecule is COc1cc(CC(=O)N2CCC(CNC(=O)N3CCCC(C(=O)O)C3)CC2)ccc1NC(=O)Nc1ccccc1C. The number of carbonyl (C=O) groups excluding carboxylic acids is 3. The number of benzene rings is 2. The average Bonchev–Trinajstić information content (AvgIpc) is 2.98. The van der Waals surface area contributed by atoms with Crippen molar-refractivity contribution in [1.29, 1.82) is 0 Å². The highest BCUT2D eigenvalue weighted by Gasteiger charge is 2.29. The second kappa shape index (κ2) is 13.9. The van der Waals surface area contributed by atoms with Gasteiger partial charge in [0.15, 0.2) is 0 Å². The van der Waals surface area contributed by atoms with Gasteiger partial charge in [-0.1, -0.05) is 24.3 Å². The highest BCUT2D eigenvalue weighted by molar-refractivity contribution is 6.01. The fourth-order valence-electron chi connectivity index (χ4n) is 5.32. The number of piperidine rings is 2. The Kier molecular flexibility index (Phi) is 10.0. The topological polar surface area (TPSA) is 140 Å². The molecule has 220 valence electrons. The van der Waals surface area contributed by atoms with Gasteiger partial charge in [-0.05, 0) is 67.9 Å². The quantitative estimate of drug-likeness (QED) is 0.382. The number of nitrogens with one attached hydrogen (secondary N) is 3. The average molecular weight is 566 g/mol. The molecule has 4 rings (SSSR count). The first kappa shape index (κ1) is 29.7. The number of amides is 5. The van der Waals surface area contributed by atoms with E-state index in [1.165, 1.54) is 7.11 Å². The van der Waals surface area contributed by atoms with E-state index in [2.05, 4.69) is 16.0 Å². The second-order valence-electron chi connectivity index (χ2n) is 10.7. The molecular weight excluding hydrogens is 526 g/mol. The number of aliphatic carboxylic acids is 1. The van der Waals surface area contributed by atoms with Crippen LogP contribution in [0.5, 0.6) is 5.75 Å². The predicted octanol–water partition coefficient (Wildman–Crippen LogP) is 3.93. The molecule has 1 atom stereocenters. The van der Waals surface area contributed by atoms with Gasteiger partial charge < -0.3 is 35.6 Å². The number of carbonyl (C=O) groups is 4. The number of para-hydroxylation sites is 1. The van der Waals surface area contributed by atoms with Gasteiger partial charge in [-0.15, -0.1) is 0 Å². The zero-order valence-electron chi connectivity index (χ0n) is 23.7. The molecule has 0 saturated carbocycles. The molecule has 0 aliphatic carbocycles. The standard InChI is InChI=1S/C30H39N5O6/c1-20-6-3-4-8-24(20)32-29(39)33-25-10-9-22(16-26(25)41-2)17-27(36)34-14-11-21(12-15-34)18-31-30(40)35-13-5-7-23(19-35)28(37)38/h3-4,6,8-10,16,21,23H,5,7,11-15,17-19H2,1-2H3,(H,31,40)(H,37,38)(H2,32,33,39). The molecule has 5 amide bonds. The molecule has 2 fully saturated rings. The van der Waals surface area contributed by atoms with Gasteiger partial charge in [-0.2, -0.15) is 0 Å². The van der Waals surface area contributed by atoms with E-state index in [0.29, 0.717) is 56.1 Å². The minimum absolute atomic E-state index is 0.0144. The lowest BCUT2D eigenvalue weighted by atomic mass is 9.96. The Morgan fingerprint density at radius 2 is 1.68 bits per heavy atom. The van der Waals surface area contributed by atoms with Gasteiger partial charge in [-0.3, -0.25) is 9.59 Å². The number of nitrogens with zero attached hydrogens (tertiary/aromatic N) is 2. The first-order chi connectivity index (χ1) is 19.7. The van der Waals surface area contributed by atoms with Gasteiger partial charge in [0.2, 0.25) is 5.91 Å². The van der Waals surface area contributed by atoms with Crippen molar-refractivity contribution >= 4 is 35.3 Å². The molecular formula is C30H39N5O6. The molecule has 0 radical (unpaired) electrons. The van der Waals surface area contributed by atoms with E-state index in [9.17, 15) is 24.3 Å². The van der Waals surface area contributed by atoms with Crippen molar-refractivity contribution in [2.24, 2.45) is 11.8 Å². The number of carboxylic acids is 1. The van der Waals surface area contributed by atoms with Gasteiger partial charge in [0, 0.05) is 38.4 Å². The number of hydrogen-bond acceptors (Lipinski definition) is 5. The monoisotopic (exact) mass is 565 g/mol. The molecule has 4 N–H and O–H groups in total. The zero-order chi connectivity index (χ0) is 29.4. The Labute approximate surface area is 240 Å². The number of likely N-dealkylation sites (tertiary alicyclic amines) is 2. The van der Waals surface area contributed by atoms with Gasteiger partial charge in [0.1, 0.15) is 5.75 Å². The Balaban J connectivity index is 1.22. The van der Waals surface area contributed by atoms with Gasteiger partial charge in [-0.25, -0.2) is 9.59 Å². The van der Waals surface area contributed by atoms with Crippen LogP contribution >= 0.6 is 0 Å². The summed E-state index contributed by atoms with van der Waals surface area (Å²) in [6.45, 7) is 4.47. The van der Waals surface area contributed by atoms with E-state index in [0.717, 1.165) is 24.0 Å². The van der Waals surface area contributed by atoms with Crippen molar-refractivity contribution in [3.63, 3.8) is 0 Å². The molecule has 2 aliphatic heterocycles. The third kappa shape index (κ3) is 8.12. The van der Waals surface area contributed by atoms with Crippen LogP contribution < -0.4 is 20.7 Å². The highest BCUT2D eigenvalue weighted by atomic mass is 16.5. The number of aryl methyl sites for hydroxylation is 1. The summed E-state index contributed by atoms with van der Waals surface area (Å²) >= 11 is 0. The molecule has 0 bridgehead atoms. The molecule has 2 heterocycles. The molecule has 11 nitrogen and oxygen atoms in total. The van der Waals surface area contributed by atoms with Crippen LogP contribution in [0.1, 0.15) is 36.8 Å². The first-order valence-electron chi connectivity index (χ1n) is 14.1. The number of anilines is 2. The predicted molar refractivity (Wildman–Crippen MR) is 155 cm³/mol. The van der Waals surface area contributed by atoms with E-state index in [1.807, 2.05) is 42.2 Å². The largest absolute Gasteiger partial charge is 0.495 e. The summed E-state index contributed by atoms with van der Waals surface area (Å²) < 4.78 is 5.48.